The summed E-state index contributed by atoms with van der Waals surface area (Å²) in [7, 11) is 0. The third-order valence-electron chi connectivity index (χ3n) is 3.38. The van der Waals surface area contributed by atoms with Gasteiger partial charge in [0, 0.05) is 6.61 Å². The van der Waals surface area contributed by atoms with Crippen LogP contribution in [0.4, 0.5) is 0 Å². The molecule has 1 aliphatic heterocycles. The molecular weight excluding hydrogens is 228 g/mol. The summed E-state index contributed by atoms with van der Waals surface area (Å²) in [4.78, 5) is 0. The zero-order valence-corrected chi connectivity index (χ0v) is 9.97. The Morgan fingerprint density at radius 1 is 1.44 bits per heavy atom. The summed E-state index contributed by atoms with van der Waals surface area (Å²) in [6.45, 7) is 2.70. The van der Waals surface area contributed by atoms with Crippen molar-refractivity contribution >= 4 is 11.6 Å². The number of halogens is 1. The molecular formula is C10H15ClN4O. The Labute approximate surface area is 99.1 Å². The van der Waals surface area contributed by atoms with Gasteiger partial charge in [-0.15, -0.1) is 16.7 Å². The van der Waals surface area contributed by atoms with Gasteiger partial charge in [-0.2, -0.15) is 0 Å². The minimum atomic E-state index is -0.157. The molecule has 1 saturated heterocycles. The van der Waals surface area contributed by atoms with E-state index in [4.69, 9.17) is 16.3 Å². The van der Waals surface area contributed by atoms with Crippen molar-refractivity contribution in [3.05, 3.63) is 5.82 Å². The van der Waals surface area contributed by atoms with Gasteiger partial charge in [0.15, 0.2) is 5.82 Å². The summed E-state index contributed by atoms with van der Waals surface area (Å²) >= 11 is 6.07. The Kier molecular flexibility index (Phi) is 2.59. The van der Waals surface area contributed by atoms with Gasteiger partial charge < -0.3 is 4.74 Å². The topological polar surface area (TPSA) is 52.8 Å². The number of rotatable bonds is 3. The van der Waals surface area contributed by atoms with E-state index in [9.17, 15) is 0 Å². The van der Waals surface area contributed by atoms with E-state index in [1.54, 1.807) is 0 Å². The number of alkyl halides is 1. The zero-order chi connectivity index (χ0) is 11.1. The van der Waals surface area contributed by atoms with Crippen LogP contribution in [-0.4, -0.2) is 32.9 Å². The molecule has 6 heteroatoms. The molecule has 2 aliphatic rings. The lowest BCUT2D eigenvalue weighted by Gasteiger charge is -2.19. The fraction of sp³-hybridized carbons (Fsp3) is 0.900. The zero-order valence-electron chi connectivity index (χ0n) is 9.21. The van der Waals surface area contributed by atoms with Gasteiger partial charge >= 0.3 is 0 Å². The molecule has 3 rings (SSSR count). The summed E-state index contributed by atoms with van der Waals surface area (Å²) in [6, 6.07) is 0.277. The van der Waals surface area contributed by atoms with Crippen molar-refractivity contribution in [3.63, 3.8) is 0 Å². The SMILES string of the molecule is CC(Cl)c1nnnn1C1CCOC1C1CC1. The molecule has 88 valence electrons. The van der Waals surface area contributed by atoms with Crippen molar-refractivity contribution in [3.8, 4) is 0 Å². The number of hydrogen-bond donors (Lipinski definition) is 0. The van der Waals surface area contributed by atoms with Crippen LogP contribution >= 0.6 is 11.6 Å². The van der Waals surface area contributed by atoms with Crippen molar-refractivity contribution in [2.45, 2.75) is 43.7 Å². The largest absolute Gasteiger partial charge is 0.376 e. The van der Waals surface area contributed by atoms with E-state index in [-0.39, 0.29) is 17.5 Å². The van der Waals surface area contributed by atoms with Gasteiger partial charge in [-0.25, -0.2) is 4.68 Å². The quantitative estimate of drug-likeness (QED) is 0.758. The maximum absolute atomic E-state index is 6.07. The van der Waals surface area contributed by atoms with Crippen LogP contribution in [0.1, 0.15) is 43.4 Å². The second-order valence-electron chi connectivity index (χ2n) is 4.63. The molecule has 2 heterocycles. The third kappa shape index (κ3) is 1.72. The van der Waals surface area contributed by atoms with Crippen molar-refractivity contribution < 1.29 is 4.74 Å². The van der Waals surface area contributed by atoms with Crippen LogP contribution in [0, 0.1) is 5.92 Å². The summed E-state index contributed by atoms with van der Waals surface area (Å²) in [6.07, 6.45) is 3.82. The van der Waals surface area contributed by atoms with Crippen LogP contribution < -0.4 is 0 Å². The second kappa shape index (κ2) is 3.96. The molecule has 3 atom stereocenters. The lowest BCUT2D eigenvalue weighted by atomic mass is 10.1. The van der Waals surface area contributed by atoms with E-state index in [0.717, 1.165) is 18.9 Å². The van der Waals surface area contributed by atoms with E-state index < -0.39 is 0 Å². The van der Waals surface area contributed by atoms with E-state index in [2.05, 4.69) is 15.5 Å². The van der Waals surface area contributed by atoms with Gasteiger partial charge in [0.05, 0.1) is 17.5 Å². The lowest BCUT2D eigenvalue weighted by molar-refractivity contribution is 0.0715. The van der Waals surface area contributed by atoms with Gasteiger partial charge in [0.2, 0.25) is 0 Å². The first-order chi connectivity index (χ1) is 7.77. The summed E-state index contributed by atoms with van der Waals surface area (Å²) in [5, 5.41) is 11.6. The Balaban J connectivity index is 1.87. The van der Waals surface area contributed by atoms with Crippen LogP contribution in [0.5, 0.6) is 0 Å². The first-order valence-corrected chi connectivity index (χ1v) is 6.24. The Morgan fingerprint density at radius 2 is 2.25 bits per heavy atom. The molecule has 0 radical (unpaired) electrons. The highest BCUT2D eigenvalue weighted by Gasteiger charge is 2.43. The van der Waals surface area contributed by atoms with Crippen LogP contribution in [0.3, 0.4) is 0 Å². The highest BCUT2D eigenvalue weighted by molar-refractivity contribution is 6.20. The standard InChI is InChI=1S/C10H15ClN4O/c1-6(11)10-12-13-14-15(10)8-4-5-16-9(8)7-2-3-7/h6-9H,2-5H2,1H3. The van der Waals surface area contributed by atoms with E-state index in [0.29, 0.717) is 5.92 Å². The molecule has 3 unspecified atom stereocenters. The number of nitrogens with zero attached hydrogens (tertiary/aromatic N) is 4. The molecule has 5 nitrogen and oxygen atoms in total. The van der Waals surface area contributed by atoms with Crippen LogP contribution in [0.15, 0.2) is 0 Å². The fourth-order valence-corrected chi connectivity index (χ4v) is 2.58. The van der Waals surface area contributed by atoms with Crippen molar-refractivity contribution in [2.24, 2.45) is 5.92 Å². The smallest absolute Gasteiger partial charge is 0.169 e. The second-order valence-corrected chi connectivity index (χ2v) is 5.28. The summed E-state index contributed by atoms with van der Waals surface area (Å²) < 4.78 is 7.66. The van der Waals surface area contributed by atoms with E-state index in [1.165, 1.54) is 12.8 Å². The number of hydrogen-bond acceptors (Lipinski definition) is 4. The highest BCUT2D eigenvalue weighted by atomic mass is 35.5. The molecule has 1 aromatic heterocycles. The minimum Gasteiger partial charge on any atom is -0.376 e. The van der Waals surface area contributed by atoms with Crippen molar-refractivity contribution in [1.82, 2.24) is 20.2 Å². The third-order valence-corrected chi connectivity index (χ3v) is 3.57. The molecule has 0 amide bonds. The predicted octanol–water partition coefficient (Wildman–Crippen LogP) is 1.71. The molecule has 0 aromatic carbocycles. The van der Waals surface area contributed by atoms with E-state index in [1.807, 2.05) is 11.6 Å². The Morgan fingerprint density at radius 3 is 2.94 bits per heavy atom. The normalized spacial score (nSPS) is 31.9. The molecule has 0 N–H and O–H groups in total. The first kappa shape index (κ1) is 10.5. The van der Waals surface area contributed by atoms with Crippen molar-refractivity contribution in [2.75, 3.05) is 6.61 Å². The minimum absolute atomic E-state index is 0.157. The molecule has 0 bridgehead atoms. The predicted molar refractivity (Wildman–Crippen MR) is 58.2 cm³/mol. The summed E-state index contributed by atoms with van der Waals surface area (Å²) in [5.41, 5.74) is 0. The van der Waals surface area contributed by atoms with Crippen molar-refractivity contribution in [1.29, 1.82) is 0 Å². The molecule has 1 saturated carbocycles. The number of ether oxygens (including phenoxy) is 1. The average Bonchev–Trinajstić information content (AvgIpc) is 2.82. The van der Waals surface area contributed by atoms with Crippen LogP contribution in [0.2, 0.25) is 0 Å². The van der Waals surface area contributed by atoms with Gasteiger partial charge in [0.1, 0.15) is 0 Å². The Hall–Kier alpha value is -0.680. The first-order valence-electron chi connectivity index (χ1n) is 5.81. The van der Waals surface area contributed by atoms with Gasteiger partial charge in [-0.05, 0) is 42.5 Å². The van der Waals surface area contributed by atoms with Gasteiger partial charge in [-0.1, -0.05) is 0 Å². The van der Waals surface area contributed by atoms with Crippen LogP contribution in [0.25, 0.3) is 0 Å². The van der Waals surface area contributed by atoms with E-state index >= 15 is 0 Å². The molecule has 2 fully saturated rings. The van der Waals surface area contributed by atoms with Crippen LogP contribution in [-0.2, 0) is 4.74 Å². The molecule has 1 aromatic rings. The summed E-state index contributed by atoms with van der Waals surface area (Å²) in [5.74, 6) is 1.46. The fourth-order valence-electron chi connectivity index (χ4n) is 2.44. The molecule has 1 aliphatic carbocycles. The number of tetrazole rings is 1. The molecule has 0 spiro atoms. The lowest BCUT2D eigenvalue weighted by Crippen LogP contribution is -2.24. The van der Waals surface area contributed by atoms with Gasteiger partial charge in [-0.3, -0.25) is 0 Å². The molecule has 16 heavy (non-hydrogen) atoms. The average molecular weight is 243 g/mol. The van der Waals surface area contributed by atoms with Gasteiger partial charge in [0.25, 0.3) is 0 Å². The Bertz CT molecular complexity index is 377. The monoisotopic (exact) mass is 242 g/mol. The highest BCUT2D eigenvalue weighted by Crippen LogP contribution is 2.43. The number of aromatic nitrogens is 4. The maximum atomic E-state index is 6.07. The maximum Gasteiger partial charge on any atom is 0.169 e.